The highest BCUT2D eigenvalue weighted by Gasteiger charge is 2.08. The number of fused-ring (bicyclic) bond motifs is 1. The SMILES string of the molecule is CC(C)n1cncc1CN(C)CCn1ccc2ccccc21. The minimum Gasteiger partial charge on any atom is -0.346 e. The van der Waals surface area contributed by atoms with E-state index in [0.29, 0.717) is 6.04 Å². The maximum Gasteiger partial charge on any atom is 0.0951 e. The van der Waals surface area contributed by atoms with Gasteiger partial charge in [-0.3, -0.25) is 4.90 Å². The van der Waals surface area contributed by atoms with E-state index in [1.54, 1.807) is 0 Å². The third-order valence-electron chi connectivity index (χ3n) is 4.14. The first-order chi connectivity index (χ1) is 10.6. The van der Waals surface area contributed by atoms with E-state index in [1.165, 1.54) is 16.6 Å². The van der Waals surface area contributed by atoms with Gasteiger partial charge in [-0.1, -0.05) is 18.2 Å². The Balaban J connectivity index is 1.63. The summed E-state index contributed by atoms with van der Waals surface area (Å²) in [6.07, 6.45) is 6.08. The van der Waals surface area contributed by atoms with Crippen LogP contribution in [0.5, 0.6) is 0 Å². The van der Waals surface area contributed by atoms with Crippen LogP contribution < -0.4 is 0 Å². The number of para-hydroxylation sites is 1. The molecule has 0 amide bonds. The summed E-state index contributed by atoms with van der Waals surface area (Å²) in [7, 11) is 2.17. The molecule has 0 bridgehead atoms. The van der Waals surface area contributed by atoms with Gasteiger partial charge in [-0.25, -0.2) is 4.98 Å². The minimum atomic E-state index is 0.458. The van der Waals surface area contributed by atoms with E-state index in [4.69, 9.17) is 0 Å². The second-order valence-electron chi connectivity index (χ2n) is 6.19. The van der Waals surface area contributed by atoms with E-state index in [0.717, 1.165) is 19.6 Å². The molecule has 3 rings (SSSR count). The zero-order valence-electron chi connectivity index (χ0n) is 13.6. The first-order valence-electron chi connectivity index (χ1n) is 7.88. The largest absolute Gasteiger partial charge is 0.346 e. The van der Waals surface area contributed by atoms with Crippen molar-refractivity contribution >= 4 is 10.9 Å². The van der Waals surface area contributed by atoms with Gasteiger partial charge in [0.15, 0.2) is 0 Å². The lowest BCUT2D eigenvalue weighted by Crippen LogP contribution is -2.24. The molecule has 0 radical (unpaired) electrons. The lowest BCUT2D eigenvalue weighted by Gasteiger charge is -2.19. The fraction of sp³-hybridized carbons (Fsp3) is 0.389. The molecule has 0 atom stereocenters. The summed E-state index contributed by atoms with van der Waals surface area (Å²) >= 11 is 0. The van der Waals surface area contributed by atoms with E-state index in [2.05, 4.69) is 76.4 Å². The molecule has 2 aromatic heterocycles. The lowest BCUT2D eigenvalue weighted by atomic mass is 10.2. The number of imidazole rings is 1. The van der Waals surface area contributed by atoms with Gasteiger partial charge in [-0.05, 0) is 38.4 Å². The summed E-state index contributed by atoms with van der Waals surface area (Å²) < 4.78 is 4.56. The average Bonchev–Trinajstić information content (AvgIpc) is 3.12. The molecule has 0 unspecified atom stereocenters. The lowest BCUT2D eigenvalue weighted by molar-refractivity contribution is 0.302. The maximum atomic E-state index is 4.28. The van der Waals surface area contributed by atoms with Crippen LogP contribution in [-0.2, 0) is 13.1 Å². The molecule has 4 heteroatoms. The fourth-order valence-electron chi connectivity index (χ4n) is 2.89. The fourth-order valence-corrected chi connectivity index (χ4v) is 2.89. The quantitative estimate of drug-likeness (QED) is 0.695. The Morgan fingerprint density at radius 2 is 2.00 bits per heavy atom. The molecule has 4 nitrogen and oxygen atoms in total. The molecule has 0 aliphatic rings. The summed E-state index contributed by atoms with van der Waals surface area (Å²) in [6.45, 7) is 7.33. The van der Waals surface area contributed by atoms with Crippen LogP contribution in [0.4, 0.5) is 0 Å². The van der Waals surface area contributed by atoms with Crippen LogP contribution in [0.25, 0.3) is 10.9 Å². The second-order valence-corrected chi connectivity index (χ2v) is 6.19. The predicted molar refractivity (Wildman–Crippen MR) is 90.9 cm³/mol. The standard InChI is InChI=1S/C18H24N4/c1-15(2)22-14-19-12-17(22)13-20(3)10-11-21-9-8-16-6-4-5-7-18(16)21/h4-9,12,14-15H,10-11,13H2,1-3H3. The highest BCUT2D eigenvalue weighted by Crippen LogP contribution is 2.15. The van der Waals surface area contributed by atoms with Crippen LogP contribution in [0, 0.1) is 0 Å². The Bertz CT molecular complexity index is 738. The molecule has 0 aliphatic heterocycles. The van der Waals surface area contributed by atoms with E-state index in [9.17, 15) is 0 Å². The van der Waals surface area contributed by atoms with E-state index in [-0.39, 0.29) is 0 Å². The predicted octanol–water partition coefficient (Wildman–Crippen LogP) is 3.55. The minimum absolute atomic E-state index is 0.458. The van der Waals surface area contributed by atoms with Crippen molar-refractivity contribution in [2.75, 3.05) is 13.6 Å². The highest BCUT2D eigenvalue weighted by atomic mass is 15.2. The second kappa shape index (κ2) is 6.36. The van der Waals surface area contributed by atoms with E-state index >= 15 is 0 Å². The highest BCUT2D eigenvalue weighted by molar-refractivity contribution is 5.79. The number of benzene rings is 1. The van der Waals surface area contributed by atoms with Crippen LogP contribution in [0.2, 0.25) is 0 Å². The van der Waals surface area contributed by atoms with Crippen molar-refractivity contribution in [3.63, 3.8) is 0 Å². The van der Waals surface area contributed by atoms with Gasteiger partial charge in [0.25, 0.3) is 0 Å². The number of hydrogen-bond donors (Lipinski definition) is 0. The molecule has 0 saturated carbocycles. The van der Waals surface area contributed by atoms with Crippen LogP contribution in [0.3, 0.4) is 0 Å². The van der Waals surface area contributed by atoms with Gasteiger partial charge in [-0.15, -0.1) is 0 Å². The molecule has 0 fully saturated rings. The van der Waals surface area contributed by atoms with Gasteiger partial charge in [0.1, 0.15) is 0 Å². The van der Waals surface area contributed by atoms with Crippen molar-refractivity contribution in [1.82, 2.24) is 19.0 Å². The summed E-state index contributed by atoms with van der Waals surface area (Å²) in [5, 5.41) is 1.31. The molecule has 0 saturated heterocycles. The Kier molecular flexibility index (Phi) is 4.29. The van der Waals surface area contributed by atoms with Gasteiger partial charge in [0.05, 0.1) is 12.0 Å². The number of likely N-dealkylation sites (N-methyl/N-ethyl adjacent to an activating group) is 1. The molecule has 1 aromatic carbocycles. The molecule has 3 aromatic rings. The summed E-state index contributed by atoms with van der Waals surface area (Å²) in [5.74, 6) is 0. The summed E-state index contributed by atoms with van der Waals surface area (Å²) in [6, 6.07) is 11.2. The normalized spacial score (nSPS) is 11.9. The van der Waals surface area contributed by atoms with Crippen molar-refractivity contribution in [3.8, 4) is 0 Å². The van der Waals surface area contributed by atoms with Crippen LogP contribution in [0.15, 0.2) is 49.1 Å². The van der Waals surface area contributed by atoms with Crippen molar-refractivity contribution in [2.45, 2.75) is 33.0 Å². The van der Waals surface area contributed by atoms with Crippen molar-refractivity contribution < 1.29 is 0 Å². The molecule has 2 heterocycles. The summed E-state index contributed by atoms with van der Waals surface area (Å²) in [5.41, 5.74) is 2.58. The average molecular weight is 296 g/mol. The van der Waals surface area contributed by atoms with Crippen molar-refractivity contribution in [2.24, 2.45) is 0 Å². The number of rotatable bonds is 6. The number of aromatic nitrogens is 3. The Hall–Kier alpha value is -2.07. The third kappa shape index (κ3) is 3.07. The third-order valence-corrected chi connectivity index (χ3v) is 4.14. The molecular formula is C18H24N4. The van der Waals surface area contributed by atoms with E-state index < -0.39 is 0 Å². The summed E-state index contributed by atoms with van der Waals surface area (Å²) in [4.78, 5) is 6.63. The van der Waals surface area contributed by atoms with Crippen LogP contribution in [-0.4, -0.2) is 32.6 Å². The first-order valence-corrected chi connectivity index (χ1v) is 7.88. The maximum absolute atomic E-state index is 4.28. The van der Waals surface area contributed by atoms with Gasteiger partial charge in [0, 0.05) is 43.6 Å². The van der Waals surface area contributed by atoms with E-state index in [1.807, 2.05) is 12.5 Å². The molecule has 22 heavy (non-hydrogen) atoms. The zero-order valence-corrected chi connectivity index (χ0v) is 13.6. The monoisotopic (exact) mass is 296 g/mol. The molecule has 0 spiro atoms. The smallest absolute Gasteiger partial charge is 0.0951 e. The topological polar surface area (TPSA) is 26.0 Å². The number of hydrogen-bond acceptors (Lipinski definition) is 2. The van der Waals surface area contributed by atoms with Crippen LogP contribution in [0.1, 0.15) is 25.6 Å². The van der Waals surface area contributed by atoms with Gasteiger partial charge in [0.2, 0.25) is 0 Å². The van der Waals surface area contributed by atoms with Crippen LogP contribution >= 0.6 is 0 Å². The van der Waals surface area contributed by atoms with Gasteiger partial charge < -0.3 is 9.13 Å². The van der Waals surface area contributed by atoms with Crippen molar-refractivity contribution in [1.29, 1.82) is 0 Å². The Labute approximate surface area is 132 Å². The van der Waals surface area contributed by atoms with Gasteiger partial charge >= 0.3 is 0 Å². The molecule has 116 valence electrons. The molecule has 0 N–H and O–H groups in total. The number of nitrogens with zero attached hydrogens (tertiary/aromatic N) is 4. The molecule has 0 aliphatic carbocycles. The van der Waals surface area contributed by atoms with Gasteiger partial charge in [-0.2, -0.15) is 0 Å². The Morgan fingerprint density at radius 1 is 1.18 bits per heavy atom. The zero-order chi connectivity index (χ0) is 15.5. The first kappa shape index (κ1) is 14.9. The molecular weight excluding hydrogens is 272 g/mol. The van der Waals surface area contributed by atoms with Crippen molar-refractivity contribution in [3.05, 3.63) is 54.7 Å². The Morgan fingerprint density at radius 3 is 2.82 bits per heavy atom.